The number of benzene rings is 1. The lowest BCUT2D eigenvalue weighted by Crippen LogP contribution is -2.55. The number of phenolic OH excluding ortho intramolecular Hbond substituents is 1. The van der Waals surface area contributed by atoms with Crippen molar-refractivity contribution in [1.82, 2.24) is 10.6 Å². The van der Waals surface area contributed by atoms with E-state index in [1.807, 2.05) is 0 Å². The lowest BCUT2D eigenvalue weighted by atomic mass is 10.1. The fraction of sp³-hybridized carbons (Fsp3) is 0.400. The third-order valence-corrected chi connectivity index (χ3v) is 4.07. The first-order valence-corrected chi connectivity index (χ1v) is 8.63. The van der Waals surface area contributed by atoms with Gasteiger partial charge in [0.05, 0.1) is 6.04 Å². The molecule has 25 heavy (non-hydrogen) atoms. The Hall–Kier alpha value is -1.91. The summed E-state index contributed by atoms with van der Waals surface area (Å²) < 4.78 is 0. The van der Waals surface area contributed by atoms with Crippen molar-refractivity contribution in [3.8, 4) is 5.75 Å². The Balaban J connectivity index is 2.63. The first-order valence-electron chi connectivity index (χ1n) is 7.37. The van der Waals surface area contributed by atoms with Crippen molar-refractivity contribution in [3.05, 3.63) is 29.8 Å². The van der Waals surface area contributed by atoms with E-state index in [1.165, 1.54) is 12.1 Å². The van der Waals surface area contributed by atoms with Crippen LogP contribution in [0.2, 0.25) is 0 Å². The second-order valence-corrected chi connectivity index (χ2v) is 6.03. The number of thiol groups is 2. The first-order chi connectivity index (χ1) is 11.8. The van der Waals surface area contributed by atoms with E-state index in [0.717, 1.165) is 5.56 Å². The van der Waals surface area contributed by atoms with E-state index in [9.17, 15) is 19.5 Å². The molecular weight excluding hydrogens is 366 g/mol. The molecule has 1 rings (SSSR count). The smallest absolute Gasteiger partial charge is 0.327 e. The summed E-state index contributed by atoms with van der Waals surface area (Å²) >= 11 is 7.85. The van der Waals surface area contributed by atoms with E-state index >= 15 is 0 Å². The number of carbonyl (C=O) groups is 3. The highest BCUT2D eigenvalue weighted by Gasteiger charge is 2.26. The van der Waals surface area contributed by atoms with E-state index in [1.54, 1.807) is 12.1 Å². The summed E-state index contributed by atoms with van der Waals surface area (Å²) in [4.78, 5) is 35.1. The second kappa shape index (κ2) is 10.2. The Labute approximate surface area is 156 Å². The molecular formula is C15H21N3O5S2. The van der Waals surface area contributed by atoms with Crippen molar-refractivity contribution in [3.63, 3.8) is 0 Å². The highest BCUT2D eigenvalue weighted by Crippen LogP contribution is 2.11. The number of hydrogen-bond donors (Lipinski definition) is 7. The molecule has 0 heterocycles. The molecule has 0 fully saturated rings. The minimum absolute atomic E-state index is 0.0254. The maximum absolute atomic E-state index is 12.1. The van der Waals surface area contributed by atoms with Crippen molar-refractivity contribution in [2.24, 2.45) is 5.73 Å². The third kappa shape index (κ3) is 6.85. The van der Waals surface area contributed by atoms with Crippen molar-refractivity contribution < 1.29 is 24.6 Å². The minimum atomic E-state index is -1.23. The number of amides is 2. The Bertz CT molecular complexity index is 612. The van der Waals surface area contributed by atoms with Crippen LogP contribution in [0.15, 0.2) is 24.3 Å². The highest BCUT2D eigenvalue weighted by molar-refractivity contribution is 7.80. The van der Waals surface area contributed by atoms with Crippen LogP contribution in [-0.2, 0) is 20.8 Å². The molecule has 0 aliphatic rings. The van der Waals surface area contributed by atoms with Crippen LogP contribution < -0.4 is 16.4 Å². The molecule has 0 aliphatic heterocycles. The van der Waals surface area contributed by atoms with Crippen LogP contribution in [0.4, 0.5) is 0 Å². The van der Waals surface area contributed by atoms with Gasteiger partial charge in [-0.05, 0) is 24.1 Å². The van der Waals surface area contributed by atoms with E-state index in [-0.39, 0.29) is 23.7 Å². The number of phenols is 1. The molecule has 0 saturated carbocycles. The number of carboxylic acids is 1. The SMILES string of the molecule is NC(Cc1ccc(O)cc1)C(=O)NC(CS)C(=O)NC(CS)C(=O)O. The van der Waals surface area contributed by atoms with Crippen LogP contribution in [0.25, 0.3) is 0 Å². The van der Waals surface area contributed by atoms with Gasteiger partial charge in [0.2, 0.25) is 11.8 Å². The van der Waals surface area contributed by atoms with Crippen LogP contribution in [-0.4, -0.2) is 57.6 Å². The number of rotatable bonds is 9. The van der Waals surface area contributed by atoms with Gasteiger partial charge in [-0.25, -0.2) is 4.79 Å². The van der Waals surface area contributed by atoms with Crippen molar-refractivity contribution >= 4 is 43.0 Å². The van der Waals surface area contributed by atoms with Gasteiger partial charge in [0, 0.05) is 11.5 Å². The molecule has 8 nitrogen and oxygen atoms in total. The van der Waals surface area contributed by atoms with E-state index < -0.39 is 35.9 Å². The van der Waals surface area contributed by atoms with Crippen LogP contribution in [0, 0.1) is 0 Å². The minimum Gasteiger partial charge on any atom is -0.508 e. The predicted octanol–water partition coefficient (Wildman–Crippen LogP) is -0.824. The molecule has 1 aromatic rings. The molecule has 3 atom stereocenters. The molecule has 6 N–H and O–H groups in total. The van der Waals surface area contributed by atoms with Crippen molar-refractivity contribution in [2.75, 3.05) is 11.5 Å². The Kier molecular flexibility index (Phi) is 8.59. The number of nitrogens with one attached hydrogen (secondary N) is 2. The molecule has 3 unspecified atom stereocenters. The van der Waals surface area contributed by atoms with Gasteiger partial charge in [-0.3, -0.25) is 9.59 Å². The Morgan fingerprint density at radius 3 is 2.00 bits per heavy atom. The molecule has 0 spiro atoms. The van der Waals surface area contributed by atoms with Crippen molar-refractivity contribution in [1.29, 1.82) is 0 Å². The van der Waals surface area contributed by atoms with Gasteiger partial charge in [0.25, 0.3) is 0 Å². The summed E-state index contributed by atoms with van der Waals surface area (Å²) in [5.41, 5.74) is 6.57. The van der Waals surface area contributed by atoms with E-state index in [0.29, 0.717) is 0 Å². The average molecular weight is 387 g/mol. The first kappa shape index (κ1) is 21.1. The lowest BCUT2D eigenvalue weighted by molar-refractivity contribution is -0.141. The zero-order valence-electron chi connectivity index (χ0n) is 13.3. The fourth-order valence-corrected chi connectivity index (χ4v) is 2.41. The van der Waals surface area contributed by atoms with Crippen LogP contribution in [0.3, 0.4) is 0 Å². The molecule has 1 aromatic carbocycles. The monoisotopic (exact) mass is 387 g/mol. The maximum atomic E-state index is 12.1. The normalized spacial score (nSPS) is 14.2. The van der Waals surface area contributed by atoms with Gasteiger partial charge in [0.15, 0.2) is 0 Å². The molecule has 0 aromatic heterocycles. The van der Waals surface area contributed by atoms with Gasteiger partial charge < -0.3 is 26.6 Å². The summed E-state index contributed by atoms with van der Waals surface area (Å²) in [6.45, 7) is 0. The fourth-order valence-electron chi connectivity index (χ4n) is 1.91. The zero-order chi connectivity index (χ0) is 19.0. The molecule has 138 valence electrons. The Morgan fingerprint density at radius 2 is 1.52 bits per heavy atom. The number of carbonyl (C=O) groups excluding carboxylic acids is 2. The predicted molar refractivity (Wildman–Crippen MR) is 99.0 cm³/mol. The van der Waals surface area contributed by atoms with Gasteiger partial charge in [0.1, 0.15) is 17.8 Å². The van der Waals surface area contributed by atoms with Gasteiger partial charge in [-0.1, -0.05) is 12.1 Å². The topological polar surface area (TPSA) is 142 Å². The summed E-state index contributed by atoms with van der Waals surface area (Å²) in [5, 5.41) is 22.9. The standard InChI is InChI=1S/C15H21N3O5S2/c16-10(5-8-1-3-9(19)4-2-8)13(20)17-11(6-24)14(21)18-12(7-25)15(22)23/h1-4,10-12,19,24-25H,5-7,16H2,(H,17,20)(H,18,21)(H,22,23). The van der Waals surface area contributed by atoms with E-state index in [4.69, 9.17) is 10.8 Å². The molecule has 0 aliphatic carbocycles. The zero-order valence-corrected chi connectivity index (χ0v) is 15.0. The number of carboxylic acid groups (broad SMARTS) is 1. The summed E-state index contributed by atoms with van der Waals surface area (Å²) in [5.74, 6) is -2.49. The van der Waals surface area contributed by atoms with Gasteiger partial charge in [-0.15, -0.1) is 0 Å². The van der Waals surface area contributed by atoms with Gasteiger partial charge >= 0.3 is 5.97 Å². The number of hydrogen-bond acceptors (Lipinski definition) is 7. The second-order valence-electron chi connectivity index (χ2n) is 5.30. The van der Waals surface area contributed by atoms with Crippen LogP contribution in [0.1, 0.15) is 5.56 Å². The quantitative estimate of drug-likeness (QED) is 0.276. The summed E-state index contributed by atoms with van der Waals surface area (Å²) in [6.07, 6.45) is 0.210. The summed E-state index contributed by atoms with van der Waals surface area (Å²) in [7, 11) is 0. The lowest BCUT2D eigenvalue weighted by Gasteiger charge is -2.21. The number of nitrogens with two attached hydrogens (primary N) is 1. The number of aliphatic carboxylic acids is 1. The highest BCUT2D eigenvalue weighted by atomic mass is 32.1. The molecule has 2 amide bonds. The molecule has 0 radical (unpaired) electrons. The summed E-state index contributed by atoms with van der Waals surface area (Å²) in [6, 6.07) is 3.12. The largest absolute Gasteiger partial charge is 0.508 e. The Morgan fingerprint density at radius 1 is 1.00 bits per heavy atom. The molecule has 10 heteroatoms. The van der Waals surface area contributed by atoms with Gasteiger partial charge in [-0.2, -0.15) is 25.3 Å². The van der Waals surface area contributed by atoms with Crippen LogP contribution >= 0.6 is 25.3 Å². The molecule has 0 saturated heterocycles. The van der Waals surface area contributed by atoms with E-state index in [2.05, 4.69) is 35.9 Å². The average Bonchev–Trinajstić information content (AvgIpc) is 2.58. The maximum Gasteiger partial charge on any atom is 0.327 e. The van der Waals surface area contributed by atoms with Crippen molar-refractivity contribution in [2.45, 2.75) is 24.5 Å². The molecule has 0 bridgehead atoms. The third-order valence-electron chi connectivity index (χ3n) is 3.34. The number of aromatic hydroxyl groups is 1. The van der Waals surface area contributed by atoms with Crippen LogP contribution in [0.5, 0.6) is 5.75 Å².